The van der Waals surface area contributed by atoms with E-state index in [2.05, 4.69) is 20.9 Å². The number of carbonyl (C=O) groups is 2. The molecular weight excluding hydrogens is 446 g/mol. The van der Waals surface area contributed by atoms with Gasteiger partial charge in [0.05, 0.1) is 5.56 Å². The maximum Gasteiger partial charge on any atom is 0.363 e. The summed E-state index contributed by atoms with van der Waals surface area (Å²) < 4.78 is 11.8. The highest BCUT2D eigenvalue weighted by molar-refractivity contribution is 9.10. The molecule has 148 valence electrons. The van der Waals surface area contributed by atoms with Gasteiger partial charge in [-0.05, 0) is 55.5 Å². The molecule has 30 heavy (non-hydrogen) atoms. The van der Waals surface area contributed by atoms with E-state index in [1.165, 1.54) is 0 Å². The van der Waals surface area contributed by atoms with Gasteiger partial charge in [-0.15, -0.1) is 0 Å². The minimum Gasteiger partial charge on any atom is -0.422 e. The predicted molar refractivity (Wildman–Crippen MR) is 117 cm³/mol. The monoisotopic (exact) mass is 461 g/mol. The largest absolute Gasteiger partial charge is 0.422 e. The number of aryl methyl sites for hydroxylation is 1. The third kappa shape index (κ3) is 4.39. The molecule has 1 heterocycles. The first kappa shape index (κ1) is 19.8. The fraction of sp³-hybridized carbons (Fsp3) is 0.0417. The summed E-state index contributed by atoms with van der Waals surface area (Å²) in [5.41, 5.74) is 2.78. The van der Waals surface area contributed by atoms with Gasteiger partial charge < -0.3 is 9.47 Å². The Kier molecular flexibility index (Phi) is 5.59. The van der Waals surface area contributed by atoms with Crippen LogP contribution >= 0.6 is 15.9 Å². The smallest absolute Gasteiger partial charge is 0.363 e. The van der Waals surface area contributed by atoms with E-state index in [0.717, 1.165) is 10.0 Å². The second kappa shape index (κ2) is 8.47. The van der Waals surface area contributed by atoms with Crippen molar-refractivity contribution in [3.8, 4) is 5.75 Å². The van der Waals surface area contributed by atoms with Crippen LogP contribution in [0.1, 0.15) is 27.0 Å². The van der Waals surface area contributed by atoms with Gasteiger partial charge >= 0.3 is 11.9 Å². The van der Waals surface area contributed by atoms with Crippen molar-refractivity contribution in [3.05, 3.63) is 105 Å². The third-order valence-electron chi connectivity index (χ3n) is 4.38. The fourth-order valence-electron chi connectivity index (χ4n) is 2.90. The summed E-state index contributed by atoms with van der Waals surface area (Å²) in [7, 11) is 0. The van der Waals surface area contributed by atoms with Crippen molar-refractivity contribution in [2.75, 3.05) is 0 Å². The molecule has 5 nitrogen and oxygen atoms in total. The van der Waals surface area contributed by atoms with Crippen molar-refractivity contribution in [2.24, 2.45) is 4.99 Å². The van der Waals surface area contributed by atoms with Crippen molar-refractivity contribution in [2.45, 2.75) is 6.92 Å². The van der Waals surface area contributed by atoms with Gasteiger partial charge in [0.15, 0.2) is 5.70 Å². The molecule has 1 aliphatic heterocycles. The van der Waals surface area contributed by atoms with Crippen molar-refractivity contribution in [1.29, 1.82) is 0 Å². The van der Waals surface area contributed by atoms with E-state index in [1.807, 2.05) is 25.1 Å². The topological polar surface area (TPSA) is 65.0 Å². The maximum absolute atomic E-state index is 12.5. The number of cyclic esters (lactones) is 1. The maximum atomic E-state index is 12.5. The lowest BCUT2D eigenvalue weighted by Crippen LogP contribution is -2.09. The summed E-state index contributed by atoms with van der Waals surface area (Å²) >= 11 is 3.37. The second-order valence-electron chi connectivity index (χ2n) is 6.64. The number of benzene rings is 3. The Balaban J connectivity index is 1.62. The molecule has 4 rings (SSSR count). The van der Waals surface area contributed by atoms with Crippen LogP contribution in [0.4, 0.5) is 0 Å². The molecular formula is C24H16BrNO4. The Morgan fingerprint density at radius 1 is 1.03 bits per heavy atom. The Morgan fingerprint density at radius 3 is 2.57 bits per heavy atom. The van der Waals surface area contributed by atoms with Gasteiger partial charge in [-0.25, -0.2) is 14.6 Å². The normalized spacial score (nSPS) is 14.4. The third-order valence-corrected chi connectivity index (χ3v) is 4.91. The summed E-state index contributed by atoms with van der Waals surface area (Å²) in [5.74, 6) is -0.477. The van der Waals surface area contributed by atoms with E-state index in [-0.39, 0.29) is 11.6 Å². The molecule has 0 atom stereocenters. The van der Waals surface area contributed by atoms with Gasteiger partial charge in [-0.3, -0.25) is 0 Å². The molecule has 0 saturated heterocycles. The summed E-state index contributed by atoms with van der Waals surface area (Å²) in [6.45, 7) is 1.90. The second-order valence-corrected chi connectivity index (χ2v) is 7.56. The van der Waals surface area contributed by atoms with Crippen LogP contribution in [0.25, 0.3) is 6.08 Å². The number of para-hydroxylation sites is 1. The average molecular weight is 462 g/mol. The van der Waals surface area contributed by atoms with Crippen LogP contribution in [-0.4, -0.2) is 17.8 Å². The van der Waals surface area contributed by atoms with Crippen LogP contribution in [0.2, 0.25) is 0 Å². The van der Waals surface area contributed by atoms with Gasteiger partial charge in [0, 0.05) is 15.6 Å². The Bertz CT molecular complexity index is 1200. The number of halogens is 1. The number of aliphatic imine (C=N–C) groups is 1. The van der Waals surface area contributed by atoms with Gasteiger partial charge in [0.2, 0.25) is 5.90 Å². The van der Waals surface area contributed by atoms with E-state index < -0.39 is 11.9 Å². The van der Waals surface area contributed by atoms with Gasteiger partial charge in [0.1, 0.15) is 5.75 Å². The minimum absolute atomic E-state index is 0.131. The zero-order chi connectivity index (χ0) is 21.1. The summed E-state index contributed by atoms with van der Waals surface area (Å²) in [4.78, 5) is 29.1. The first-order valence-corrected chi connectivity index (χ1v) is 9.95. The van der Waals surface area contributed by atoms with E-state index in [0.29, 0.717) is 22.4 Å². The number of hydrogen-bond acceptors (Lipinski definition) is 5. The van der Waals surface area contributed by atoms with E-state index in [1.54, 1.807) is 60.7 Å². The molecule has 0 N–H and O–H groups in total. The van der Waals surface area contributed by atoms with Crippen LogP contribution in [0.15, 0.2) is 88.0 Å². The number of carbonyl (C=O) groups excluding carboxylic acids is 2. The minimum atomic E-state index is -0.562. The van der Waals surface area contributed by atoms with Crippen molar-refractivity contribution in [3.63, 3.8) is 0 Å². The number of rotatable bonds is 4. The fourth-order valence-corrected chi connectivity index (χ4v) is 3.16. The lowest BCUT2D eigenvalue weighted by Gasteiger charge is -2.08. The molecule has 3 aromatic rings. The highest BCUT2D eigenvalue weighted by atomic mass is 79.9. The van der Waals surface area contributed by atoms with Crippen LogP contribution in [0, 0.1) is 6.92 Å². The number of ether oxygens (including phenoxy) is 2. The van der Waals surface area contributed by atoms with E-state index in [4.69, 9.17) is 9.47 Å². The molecule has 6 heteroatoms. The molecule has 0 aliphatic carbocycles. The van der Waals surface area contributed by atoms with Gasteiger partial charge in [-0.2, -0.15) is 0 Å². The van der Waals surface area contributed by atoms with Crippen LogP contribution in [-0.2, 0) is 9.53 Å². The molecule has 3 aromatic carbocycles. The van der Waals surface area contributed by atoms with Crippen LogP contribution < -0.4 is 4.74 Å². The van der Waals surface area contributed by atoms with Gasteiger partial charge in [0.25, 0.3) is 0 Å². The highest BCUT2D eigenvalue weighted by Gasteiger charge is 2.24. The van der Waals surface area contributed by atoms with Crippen molar-refractivity contribution >= 4 is 39.8 Å². The molecule has 0 radical (unpaired) electrons. The molecule has 0 bridgehead atoms. The zero-order valence-corrected chi connectivity index (χ0v) is 17.5. The predicted octanol–water partition coefficient (Wildman–Crippen LogP) is 5.32. The standard InChI is InChI=1S/C24H16BrNO4/c1-15-5-4-7-18(13-15)23(27)29-21-8-3-2-6-17(21)14-20-24(28)30-22(26-20)16-9-11-19(25)12-10-16/h2-14H,1H3/b20-14+. The zero-order valence-electron chi connectivity index (χ0n) is 16.0. The summed E-state index contributed by atoms with van der Waals surface area (Å²) in [6, 6.07) is 21.4. The number of hydrogen-bond donors (Lipinski definition) is 0. The van der Waals surface area contributed by atoms with Crippen molar-refractivity contribution < 1.29 is 19.1 Å². The first-order valence-electron chi connectivity index (χ1n) is 9.16. The molecule has 0 unspecified atom stereocenters. The lowest BCUT2D eigenvalue weighted by atomic mass is 10.1. The Morgan fingerprint density at radius 2 is 1.80 bits per heavy atom. The van der Waals surface area contributed by atoms with Crippen LogP contribution in [0.5, 0.6) is 5.75 Å². The quantitative estimate of drug-likeness (QED) is 0.299. The van der Waals surface area contributed by atoms with Crippen LogP contribution in [0.3, 0.4) is 0 Å². The Hall–Kier alpha value is -3.51. The van der Waals surface area contributed by atoms with E-state index >= 15 is 0 Å². The SMILES string of the molecule is Cc1cccc(C(=O)Oc2ccccc2/C=C2/N=C(c3ccc(Br)cc3)OC2=O)c1. The molecule has 0 aromatic heterocycles. The van der Waals surface area contributed by atoms with E-state index in [9.17, 15) is 9.59 Å². The average Bonchev–Trinajstić information content (AvgIpc) is 3.10. The number of esters is 2. The van der Waals surface area contributed by atoms with Gasteiger partial charge in [-0.1, -0.05) is 51.8 Å². The summed E-state index contributed by atoms with van der Waals surface area (Å²) in [5, 5.41) is 0. The number of nitrogens with zero attached hydrogens (tertiary/aromatic N) is 1. The highest BCUT2D eigenvalue weighted by Crippen LogP contribution is 2.26. The Labute approximate surface area is 181 Å². The molecule has 0 spiro atoms. The van der Waals surface area contributed by atoms with Crippen molar-refractivity contribution in [1.82, 2.24) is 0 Å². The summed E-state index contributed by atoms with van der Waals surface area (Å²) in [6.07, 6.45) is 1.55. The molecule has 0 fully saturated rings. The molecule has 0 amide bonds. The first-order chi connectivity index (χ1) is 14.5. The lowest BCUT2D eigenvalue weighted by molar-refractivity contribution is -0.129. The molecule has 1 aliphatic rings. The molecule has 0 saturated carbocycles.